The van der Waals surface area contributed by atoms with Gasteiger partial charge in [-0.25, -0.2) is 4.68 Å². The van der Waals surface area contributed by atoms with Crippen molar-refractivity contribution < 1.29 is 18.3 Å². The predicted molar refractivity (Wildman–Crippen MR) is 116 cm³/mol. The molecule has 0 amide bonds. The number of rotatable bonds is 3. The van der Waals surface area contributed by atoms with Crippen molar-refractivity contribution in [2.24, 2.45) is 7.05 Å². The van der Waals surface area contributed by atoms with Gasteiger partial charge in [-0.05, 0) is 42.8 Å². The van der Waals surface area contributed by atoms with Crippen LogP contribution in [-0.4, -0.2) is 30.6 Å². The number of nitrogens with zero attached hydrogens (tertiary/aromatic N) is 4. The van der Waals surface area contributed by atoms with E-state index in [1.165, 1.54) is 24.5 Å². The number of pyridine rings is 1. The minimum atomic E-state index is -4.94. The molecule has 32 heavy (non-hydrogen) atoms. The third-order valence-electron chi connectivity index (χ3n) is 5.82. The zero-order valence-corrected chi connectivity index (χ0v) is 17.3. The highest BCUT2D eigenvalue weighted by atomic mass is 19.4. The number of hydrogen-bond donors (Lipinski definition) is 1. The number of para-hydroxylation sites is 1. The number of aromatic nitrogens is 4. The number of fused-ring (bicyclic) bond motifs is 2. The zero-order chi connectivity index (χ0) is 22.7. The number of aliphatic hydroxyl groups is 1. The van der Waals surface area contributed by atoms with Gasteiger partial charge in [-0.15, -0.1) is 0 Å². The second-order valence-electron chi connectivity index (χ2n) is 7.87. The predicted octanol–water partition coefficient (Wildman–Crippen LogP) is 5.02. The Labute approximate surface area is 181 Å². The first-order valence-corrected chi connectivity index (χ1v) is 9.95. The molecule has 162 valence electrons. The summed E-state index contributed by atoms with van der Waals surface area (Å²) in [5.41, 5.74) is -0.910. The van der Waals surface area contributed by atoms with Gasteiger partial charge in [-0.1, -0.05) is 24.3 Å². The van der Waals surface area contributed by atoms with Crippen LogP contribution in [0.5, 0.6) is 0 Å². The van der Waals surface area contributed by atoms with Gasteiger partial charge in [0.15, 0.2) is 0 Å². The molecule has 0 saturated heterocycles. The molecule has 0 aliphatic rings. The fourth-order valence-corrected chi connectivity index (χ4v) is 4.15. The lowest BCUT2D eigenvalue weighted by Crippen LogP contribution is -2.43. The molecule has 1 atom stereocenters. The smallest absolute Gasteiger partial charge is 0.372 e. The molecular formula is C24H19F3N4O. The van der Waals surface area contributed by atoms with E-state index >= 15 is 0 Å². The van der Waals surface area contributed by atoms with Crippen molar-refractivity contribution in [1.29, 1.82) is 0 Å². The monoisotopic (exact) mass is 436 g/mol. The second kappa shape index (κ2) is 6.93. The molecule has 2 aromatic carbocycles. The van der Waals surface area contributed by atoms with Crippen molar-refractivity contribution in [3.05, 3.63) is 90.0 Å². The van der Waals surface area contributed by atoms with Crippen LogP contribution in [0, 0.1) is 6.92 Å². The van der Waals surface area contributed by atoms with Crippen molar-refractivity contribution in [1.82, 2.24) is 19.3 Å². The number of aryl methyl sites for hydroxylation is 2. The lowest BCUT2D eigenvalue weighted by Gasteiger charge is -2.31. The summed E-state index contributed by atoms with van der Waals surface area (Å²) in [6.07, 6.45) is -0.470. The van der Waals surface area contributed by atoms with E-state index in [2.05, 4.69) is 10.1 Å². The van der Waals surface area contributed by atoms with E-state index in [9.17, 15) is 18.3 Å². The van der Waals surface area contributed by atoms with Crippen molar-refractivity contribution in [2.75, 3.05) is 0 Å². The molecule has 1 N–H and O–H groups in total. The van der Waals surface area contributed by atoms with Gasteiger partial charge in [-0.3, -0.25) is 4.98 Å². The van der Waals surface area contributed by atoms with Gasteiger partial charge in [-0.2, -0.15) is 18.3 Å². The molecule has 0 radical (unpaired) electrons. The molecule has 0 spiro atoms. The number of halogens is 3. The van der Waals surface area contributed by atoms with E-state index in [0.29, 0.717) is 27.5 Å². The van der Waals surface area contributed by atoms with E-state index < -0.39 is 11.8 Å². The first-order chi connectivity index (χ1) is 15.2. The Kier molecular flexibility index (Phi) is 4.39. The average molecular weight is 436 g/mol. The Hall–Kier alpha value is -3.65. The Balaban J connectivity index is 1.71. The van der Waals surface area contributed by atoms with Gasteiger partial charge in [0.2, 0.25) is 5.60 Å². The summed E-state index contributed by atoms with van der Waals surface area (Å²) in [6, 6.07) is 14.6. The molecule has 5 rings (SSSR count). The molecule has 5 nitrogen and oxygen atoms in total. The molecule has 1 unspecified atom stereocenters. The highest BCUT2D eigenvalue weighted by Gasteiger charge is 2.57. The molecule has 5 aromatic rings. The van der Waals surface area contributed by atoms with Crippen LogP contribution in [0.15, 0.2) is 73.2 Å². The molecule has 0 fully saturated rings. The summed E-state index contributed by atoms with van der Waals surface area (Å²) < 4.78 is 46.5. The Morgan fingerprint density at radius 2 is 1.72 bits per heavy atom. The van der Waals surface area contributed by atoms with Crippen LogP contribution >= 0.6 is 0 Å². The highest BCUT2D eigenvalue weighted by molar-refractivity contribution is 5.86. The third-order valence-corrected chi connectivity index (χ3v) is 5.82. The van der Waals surface area contributed by atoms with Crippen molar-refractivity contribution in [2.45, 2.75) is 18.7 Å². The summed E-state index contributed by atoms with van der Waals surface area (Å²) in [6.45, 7) is 1.86. The lowest BCUT2D eigenvalue weighted by molar-refractivity contribution is -0.247. The third kappa shape index (κ3) is 2.90. The van der Waals surface area contributed by atoms with Crippen LogP contribution in [0.3, 0.4) is 0 Å². The summed E-state index contributed by atoms with van der Waals surface area (Å²) >= 11 is 0. The van der Waals surface area contributed by atoms with Crippen molar-refractivity contribution in [3.63, 3.8) is 0 Å². The molecular weight excluding hydrogens is 417 g/mol. The second-order valence-corrected chi connectivity index (χ2v) is 7.87. The first kappa shape index (κ1) is 20.3. The maximum absolute atomic E-state index is 14.4. The minimum Gasteiger partial charge on any atom is -0.372 e. The number of benzene rings is 2. The maximum atomic E-state index is 14.4. The summed E-state index contributed by atoms with van der Waals surface area (Å²) in [7, 11) is 1.66. The quantitative estimate of drug-likeness (QED) is 0.432. The SMILES string of the molecule is Cc1ccc(-n2ncc3cc(C(O)(c4cn(C)c5ccccc45)C(F)(F)F)ccc32)cn1. The van der Waals surface area contributed by atoms with Crippen LogP contribution < -0.4 is 0 Å². The van der Waals surface area contributed by atoms with E-state index in [-0.39, 0.29) is 11.1 Å². The lowest BCUT2D eigenvalue weighted by atomic mass is 9.85. The highest BCUT2D eigenvalue weighted by Crippen LogP contribution is 2.47. The Morgan fingerprint density at radius 1 is 0.938 bits per heavy atom. The molecule has 0 aliphatic carbocycles. The van der Waals surface area contributed by atoms with E-state index in [1.54, 1.807) is 52.8 Å². The topological polar surface area (TPSA) is 55.9 Å². The van der Waals surface area contributed by atoms with Gasteiger partial charge in [0.05, 0.1) is 23.6 Å². The van der Waals surface area contributed by atoms with E-state index in [0.717, 1.165) is 5.69 Å². The summed E-state index contributed by atoms with van der Waals surface area (Å²) in [5, 5.41) is 16.4. The average Bonchev–Trinajstić information content (AvgIpc) is 3.34. The standard InChI is InChI=1S/C24H19F3N4O/c1-15-7-9-18(13-28-15)31-21-10-8-17(11-16(21)12-29-31)23(32,24(25,26)27)20-14-30(2)22-6-4-3-5-19(20)22/h3-14,32H,1-2H3. The summed E-state index contributed by atoms with van der Waals surface area (Å²) in [5.74, 6) is 0. The van der Waals surface area contributed by atoms with Crippen LogP contribution in [0.2, 0.25) is 0 Å². The maximum Gasteiger partial charge on any atom is 0.425 e. The number of hydrogen-bond acceptors (Lipinski definition) is 3. The van der Waals surface area contributed by atoms with Gasteiger partial charge >= 0.3 is 6.18 Å². The molecule has 8 heteroatoms. The van der Waals surface area contributed by atoms with E-state index in [1.807, 2.05) is 19.1 Å². The van der Waals surface area contributed by atoms with Gasteiger partial charge in [0, 0.05) is 40.8 Å². The molecule has 0 bridgehead atoms. The van der Waals surface area contributed by atoms with Crippen LogP contribution in [0.25, 0.3) is 27.5 Å². The fraction of sp³-hybridized carbons (Fsp3) is 0.167. The van der Waals surface area contributed by atoms with E-state index in [4.69, 9.17) is 0 Å². The minimum absolute atomic E-state index is 0.211. The number of alkyl halides is 3. The fourth-order valence-electron chi connectivity index (χ4n) is 4.15. The van der Waals surface area contributed by atoms with Crippen LogP contribution in [-0.2, 0) is 12.6 Å². The normalized spacial score (nSPS) is 14.2. The molecule has 3 heterocycles. The largest absolute Gasteiger partial charge is 0.425 e. The van der Waals surface area contributed by atoms with Crippen molar-refractivity contribution >= 4 is 21.8 Å². The van der Waals surface area contributed by atoms with Crippen LogP contribution in [0.1, 0.15) is 16.8 Å². The Morgan fingerprint density at radius 3 is 2.44 bits per heavy atom. The van der Waals surface area contributed by atoms with Crippen LogP contribution in [0.4, 0.5) is 13.2 Å². The molecule has 0 saturated carbocycles. The van der Waals surface area contributed by atoms with Gasteiger partial charge in [0.25, 0.3) is 0 Å². The van der Waals surface area contributed by atoms with Gasteiger partial charge < -0.3 is 9.67 Å². The summed E-state index contributed by atoms with van der Waals surface area (Å²) in [4.78, 5) is 4.25. The molecule has 3 aromatic heterocycles. The molecule has 0 aliphatic heterocycles. The zero-order valence-electron chi connectivity index (χ0n) is 17.3. The van der Waals surface area contributed by atoms with Crippen molar-refractivity contribution in [3.8, 4) is 5.69 Å². The Bertz CT molecular complexity index is 1450. The van der Waals surface area contributed by atoms with Gasteiger partial charge in [0.1, 0.15) is 0 Å². The first-order valence-electron chi connectivity index (χ1n) is 9.95.